The monoisotopic (exact) mass is 301 g/mol. The first-order valence-corrected chi connectivity index (χ1v) is 8.61. The number of hydrogen-bond acceptors (Lipinski definition) is 4. The minimum atomic E-state index is -3.56. The van der Waals surface area contributed by atoms with E-state index in [-0.39, 0.29) is 18.0 Å². The van der Waals surface area contributed by atoms with Crippen molar-refractivity contribution in [1.29, 1.82) is 0 Å². The SMILES string of the molecule is CCN(CCO)S(=O)(=O)c1cn(C2CCCC2)nc1C. The second kappa shape index (κ2) is 6.24. The lowest BCUT2D eigenvalue weighted by Crippen LogP contribution is -2.33. The van der Waals surface area contributed by atoms with Crippen molar-refractivity contribution in [3.05, 3.63) is 11.9 Å². The molecule has 1 saturated carbocycles. The van der Waals surface area contributed by atoms with E-state index < -0.39 is 10.0 Å². The number of aliphatic hydroxyl groups excluding tert-OH is 1. The summed E-state index contributed by atoms with van der Waals surface area (Å²) < 4.78 is 28.2. The Morgan fingerprint density at radius 3 is 2.65 bits per heavy atom. The largest absolute Gasteiger partial charge is 0.395 e. The molecule has 1 aromatic rings. The minimum absolute atomic E-state index is 0.118. The summed E-state index contributed by atoms with van der Waals surface area (Å²) in [5.74, 6) is 0. The van der Waals surface area contributed by atoms with Crippen LogP contribution in [0.4, 0.5) is 0 Å². The molecule has 2 rings (SSSR count). The molecule has 1 aliphatic carbocycles. The molecule has 20 heavy (non-hydrogen) atoms. The van der Waals surface area contributed by atoms with E-state index in [4.69, 9.17) is 5.11 Å². The van der Waals surface area contributed by atoms with Crippen LogP contribution in [-0.2, 0) is 10.0 Å². The van der Waals surface area contributed by atoms with Crippen molar-refractivity contribution in [2.45, 2.75) is 50.5 Å². The van der Waals surface area contributed by atoms with Gasteiger partial charge in [0, 0.05) is 19.3 Å². The van der Waals surface area contributed by atoms with Crippen molar-refractivity contribution in [1.82, 2.24) is 14.1 Å². The van der Waals surface area contributed by atoms with Crippen LogP contribution in [0, 0.1) is 6.92 Å². The lowest BCUT2D eigenvalue weighted by molar-refractivity contribution is 0.257. The van der Waals surface area contributed by atoms with Crippen LogP contribution in [0.15, 0.2) is 11.1 Å². The summed E-state index contributed by atoms with van der Waals surface area (Å²) in [4.78, 5) is 0.264. The Kier molecular flexibility index (Phi) is 4.82. The zero-order valence-electron chi connectivity index (χ0n) is 12.1. The summed E-state index contributed by atoms with van der Waals surface area (Å²) >= 11 is 0. The molecule has 1 aromatic heterocycles. The minimum Gasteiger partial charge on any atom is -0.395 e. The molecule has 1 fully saturated rings. The highest BCUT2D eigenvalue weighted by molar-refractivity contribution is 7.89. The third-order valence-corrected chi connectivity index (χ3v) is 5.97. The quantitative estimate of drug-likeness (QED) is 0.859. The van der Waals surface area contributed by atoms with Crippen molar-refractivity contribution >= 4 is 10.0 Å². The number of sulfonamides is 1. The van der Waals surface area contributed by atoms with Crippen LogP contribution >= 0.6 is 0 Å². The number of aryl methyl sites for hydroxylation is 1. The fourth-order valence-corrected chi connectivity index (χ4v) is 4.37. The first-order chi connectivity index (χ1) is 9.50. The molecule has 1 aliphatic rings. The van der Waals surface area contributed by atoms with Gasteiger partial charge in [0.15, 0.2) is 0 Å². The molecule has 114 valence electrons. The van der Waals surface area contributed by atoms with Crippen LogP contribution in [0.1, 0.15) is 44.3 Å². The molecule has 1 heterocycles. The Hall–Kier alpha value is -0.920. The molecule has 0 amide bonds. The number of likely N-dealkylation sites (N-methyl/N-ethyl adjacent to an activating group) is 1. The Labute approximate surface area is 120 Å². The van der Waals surface area contributed by atoms with Gasteiger partial charge >= 0.3 is 0 Å². The Balaban J connectivity index is 2.31. The van der Waals surface area contributed by atoms with Crippen LogP contribution in [-0.4, -0.2) is 47.3 Å². The van der Waals surface area contributed by atoms with E-state index in [1.807, 2.05) is 4.68 Å². The average molecular weight is 301 g/mol. The Bertz CT molecular complexity index is 547. The number of aliphatic hydroxyl groups is 1. The lowest BCUT2D eigenvalue weighted by atomic mass is 10.3. The lowest BCUT2D eigenvalue weighted by Gasteiger charge is -2.18. The van der Waals surface area contributed by atoms with Gasteiger partial charge in [0.05, 0.1) is 18.3 Å². The highest BCUT2D eigenvalue weighted by Gasteiger charge is 2.28. The zero-order chi connectivity index (χ0) is 14.8. The van der Waals surface area contributed by atoms with Crippen molar-refractivity contribution in [2.75, 3.05) is 19.7 Å². The van der Waals surface area contributed by atoms with E-state index >= 15 is 0 Å². The average Bonchev–Trinajstić information content (AvgIpc) is 3.04. The van der Waals surface area contributed by atoms with Crippen LogP contribution in [0.2, 0.25) is 0 Å². The molecule has 0 aromatic carbocycles. The number of aromatic nitrogens is 2. The fourth-order valence-electron chi connectivity index (χ4n) is 2.77. The maximum Gasteiger partial charge on any atom is 0.246 e. The van der Waals surface area contributed by atoms with Gasteiger partial charge in [0.2, 0.25) is 10.0 Å². The Morgan fingerprint density at radius 2 is 2.10 bits per heavy atom. The molecular weight excluding hydrogens is 278 g/mol. The standard InChI is InChI=1S/C13H23N3O3S/c1-3-15(8-9-17)20(18,19)13-10-16(14-11(13)2)12-6-4-5-7-12/h10,12,17H,3-9H2,1-2H3. The van der Waals surface area contributed by atoms with Crippen LogP contribution in [0.25, 0.3) is 0 Å². The van der Waals surface area contributed by atoms with Crippen LogP contribution in [0.5, 0.6) is 0 Å². The Morgan fingerprint density at radius 1 is 1.45 bits per heavy atom. The summed E-state index contributed by atoms with van der Waals surface area (Å²) in [6, 6.07) is 0.325. The molecule has 6 nitrogen and oxygen atoms in total. The maximum absolute atomic E-state index is 12.6. The summed E-state index contributed by atoms with van der Waals surface area (Å²) in [5, 5.41) is 13.4. The summed E-state index contributed by atoms with van der Waals surface area (Å²) in [5.41, 5.74) is 0.535. The van der Waals surface area contributed by atoms with Crippen molar-refractivity contribution < 1.29 is 13.5 Å². The predicted octanol–water partition coefficient (Wildman–Crippen LogP) is 1.31. The third-order valence-electron chi connectivity index (χ3n) is 3.89. The molecule has 7 heteroatoms. The molecule has 0 unspecified atom stereocenters. The van der Waals surface area contributed by atoms with Crippen molar-refractivity contribution in [2.24, 2.45) is 0 Å². The van der Waals surface area contributed by atoms with E-state index in [0.717, 1.165) is 12.8 Å². The van der Waals surface area contributed by atoms with Crippen molar-refractivity contribution in [3.63, 3.8) is 0 Å². The second-order valence-electron chi connectivity index (χ2n) is 5.22. The van der Waals surface area contributed by atoms with Crippen LogP contribution in [0.3, 0.4) is 0 Å². The normalized spacial score (nSPS) is 17.2. The second-order valence-corrected chi connectivity index (χ2v) is 7.12. The van der Waals surface area contributed by atoms with Gasteiger partial charge in [-0.1, -0.05) is 19.8 Å². The van der Waals surface area contributed by atoms with Gasteiger partial charge in [0.1, 0.15) is 4.90 Å². The smallest absolute Gasteiger partial charge is 0.246 e. The van der Waals surface area contributed by atoms with Gasteiger partial charge in [-0.3, -0.25) is 4.68 Å². The maximum atomic E-state index is 12.6. The van der Waals surface area contributed by atoms with Gasteiger partial charge < -0.3 is 5.11 Å². The van der Waals surface area contributed by atoms with E-state index in [1.54, 1.807) is 20.0 Å². The van der Waals surface area contributed by atoms with Crippen LogP contribution < -0.4 is 0 Å². The topological polar surface area (TPSA) is 75.4 Å². The molecule has 0 aliphatic heterocycles. The van der Waals surface area contributed by atoms with Gasteiger partial charge in [0.25, 0.3) is 0 Å². The molecule has 0 atom stereocenters. The summed E-state index contributed by atoms with van der Waals surface area (Å²) in [7, 11) is -3.56. The first kappa shape index (κ1) is 15.5. The third kappa shape index (κ3) is 2.89. The van der Waals surface area contributed by atoms with E-state index in [9.17, 15) is 8.42 Å². The molecule has 0 radical (unpaired) electrons. The predicted molar refractivity (Wildman–Crippen MR) is 76.0 cm³/mol. The number of hydrogen-bond donors (Lipinski definition) is 1. The van der Waals surface area contributed by atoms with E-state index in [1.165, 1.54) is 17.1 Å². The van der Waals surface area contributed by atoms with Gasteiger partial charge in [-0.25, -0.2) is 8.42 Å². The molecule has 0 saturated heterocycles. The van der Waals surface area contributed by atoms with Gasteiger partial charge in [-0.05, 0) is 19.8 Å². The molecule has 0 bridgehead atoms. The van der Waals surface area contributed by atoms with Crippen molar-refractivity contribution in [3.8, 4) is 0 Å². The van der Waals surface area contributed by atoms with Gasteiger partial charge in [-0.2, -0.15) is 9.40 Å². The summed E-state index contributed by atoms with van der Waals surface area (Å²) in [6.45, 7) is 3.78. The van der Waals surface area contributed by atoms with E-state index in [0.29, 0.717) is 18.3 Å². The number of rotatable bonds is 6. The summed E-state index contributed by atoms with van der Waals surface area (Å²) in [6.07, 6.45) is 6.14. The number of nitrogens with zero attached hydrogens (tertiary/aromatic N) is 3. The van der Waals surface area contributed by atoms with E-state index in [2.05, 4.69) is 5.10 Å². The molecule has 0 spiro atoms. The molecular formula is C13H23N3O3S. The molecule has 1 N–H and O–H groups in total. The van der Waals surface area contributed by atoms with Gasteiger partial charge in [-0.15, -0.1) is 0 Å². The highest BCUT2D eigenvalue weighted by atomic mass is 32.2. The first-order valence-electron chi connectivity index (χ1n) is 7.17. The zero-order valence-corrected chi connectivity index (χ0v) is 12.9. The fraction of sp³-hybridized carbons (Fsp3) is 0.769. The highest BCUT2D eigenvalue weighted by Crippen LogP contribution is 2.30.